The van der Waals surface area contributed by atoms with Crippen LogP contribution in [0.4, 0.5) is 4.79 Å². The Hall–Kier alpha value is -3.35. The Morgan fingerprint density at radius 1 is 0.943 bits per heavy atom. The van der Waals surface area contributed by atoms with Crippen molar-refractivity contribution in [2.24, 2.45) is 11.3 Å². The van der Waals surface area contributed by atoms with Gasteiger partial charge in [0.25, 0.3) is 0 Å². The van der Waals surface area contributed by atoms with Crippen molar-refractivity contribution < 1.29 is 24.2 Å². The fraction of sp³-hybridized carbons (Fsp3) is 0.464. The van der Waals surface area contributed by atoms with Crippen molar-refractivity contribution in [1.82, 2.24) is 10.6 Å². The van der Waals surface area contributed by atoms with E-state index in [1.165, 1.54) is 11.1 Å². The maximum absolute atomic E-state index is 12.8. The fourth-order valence-electron chi connectivity index (χ4n) is 4.61. The molecule has 0 aromatic heterocycles. The maximum atomic E-state index is 12.8. The Morgan fingerprint density at radius 2 is 1.54 bits per heavy atom. The number of aliphatic carboxylic acids is 1. The number of alkyl carbamates (subject to hydrolysis) is 1. The number of nitrogens with one attached hydrogen (secondary N) is 2. The number of carboxylic acids is 1. The molecule has 7 nitrogen and oxygen atoms in total. The first-order valence-electron chi connectivity index (χ1n) is 12.2. The fourth-order valence-corrected chi connectivity index (χ4v) is 4.61. The SMILES string of the molecule is CC(C)(C)CC(CNC(=O)OCC1c2ccccc2-c2ccccc21)C(=O)NCCCCC(=O)O. The van der Waals surface area contributed by atoms with Gasteiger partial charge in [0, 0.05) is 25.4 Å². The van der Waals surface area contributed by atoms with Gasteiger partial charge < -0.3 is 20.5 Å². The third-order valence-electron chi connectivity index (χ3n) is 6.18. The van der Waals surface area contributed by atoms with Gasteiger partial charge in [-0.05, 0) is 46.9 Å². The molecule has 0 spiro atoms. The largest absolute Gasteiger partial charge is 0.481 e. The van der Waals surface area contributed by atoms with Crippen LogP contribution in [0.2, 0.25) is 0 Å². The van der Waals surface area contributed by atoms with Crippen LogP contribution in [0.15, 0.2) is 48.5 Å². The van der Waals surface area contributed by atoms with E-state index in [4.69, 9.17) is 9.84 Å². The Morgan fingerprint density at radius 3 is 2.11 bits per heavy atom. The van der Waals surface area contributed by atoms with Gasteiger partial charge in [-0.1, -0.05) is 69.3 Å². The number of benzene rings is 2. The summed E-state index contributed by atoms with van der Waals surface area (Å²) in [6.07, 6.45) is 1.25. The molecule has 0 aliphatic heterocycles. The monoisotopic (exact) mass is 480 g/mol. The van der Waals surface area contributed by atoms with Crippen molar-refractivity contribution in [2.75, 3.05) is 19.7 Å². The lowest BCUT2D eigenvalue weighted by Gasteiger charge is -2.25. The summed E-state index contributed by atoms with van der Waals surface area (Å²) in [7, 11) is 0. The zero-order chi connectivity index (χ0) is 25.4. The van der Waals surface area contributed by atoms with Gasteiger partial charge in [-0.2, -0.15) is 0 Å². The van der Waals surface area contributed by atoms with Crippen molar-refractivity contribution in [3.05, 3.63) is 59.7 Å². The summed E-state index contributed by atoms with van der Waals surface area (Å²) in [5.41, 5.74) is 4.53. The van der Waals surface area contributed by atoms with Crippen LogP contribution < -0.4 is 10.6 Å². The van der Waals surface area contributed by atoms with Crippen LogP contribution in [0.25, 0.3) is 11.1 Å². The van der Waals surface area contributed by atoms with Crippen molar-refractivity contribution in [3.63, 3.8) is 0 Å². The molecule has 35 heavy (non-hydrogen) atoms. The zero-order valence-corrected chi connectivity index (χ0v) is 20.8. The van der Waals surface area contributed by atoms with Gasteiger partial charge >= 0.3 is 12.1 Å². The molecule has 3 rings (SSSR count). The van der Waals surface area contributed by atoms with Crippen LogP contribution in [0.5, 0.6) is 0 Å². The minimum Gasteiger partial charge on any atom is -0.481 e. The van der Waals surface area contributed by atoms with Gasteiger partial charge in [0.2, 0.25) is 5.91 Å². The molecule has 2 aromatic carbocycles. The summed E-state index contributed by atoms with van der Waals surface area (Å²) in [5, 5.41) is 14.4. The van der Waals surface area contributed by atoms with Crippen LogP contribution >= 0.6 is 0 Å². The third kappa shape index (κ3) is 7.57. The van der Waals surface area contributed by atoms with Crippen LogP contribution in [-0.2, 0) is 14.3 Å². The lowest BCUT2D eigenvalue weighted by molar-refractivity contribution is -0.137. The number of carbonyl (C=O) groups is 3. The molecule has 1 unspecified atom stereocenters. The lowest BCUT2D eigenvalue weighted by atomic mass is 9.84. The van der Waals surface area contributed by atoms with Crippen LogP contribution in [-0.4, -0.2) is 42.8 Å². The Bertz CT molecular complexity index is 998. The van der Waals surface area contributed by atoms with Crippen molar-refractivity contribution in [1.29, 1.82) is 0 Å². The molecule has 1 atom stereocenters. The number of hydrogen-bond acceptors (Lipinski definition) is 4. The summed E-state index contributed by atoms with van der Waals surface area (Å²) < 4.78 is 5.60. The molecule has 1 aliphatic rings. The van der Waals surface area contributed by atoms with E-state index in [0.717, 1.165) is 11.1 Å². The zero-order valence-electron chi connectivity index (χ0n) is 20.8. The molecule has 7 heteroatoms. The second-order valence-electron chi connectivity index (χ2n) is 10.3. The van der Waals surface area contributed by atoms with E-state index < -0.39 is 18.0 Å². The standard InChI is InChI=1S/C28H36N2O5/c1-28(2,3)16-19(26(33)29-15-9-8-14-25(31)32)17-30-27(34)35-18-24-22-12-6-4-10-20(22)21-11-5-7-13-23(21)24/h4-7,10-13,19,24H,8-9,14-18H2,1-3H3,(H,29,33)(H,30,34)(H,31,32). The van der Waals surface area contributed by atoms with E-state index in [-0.39, 0.29) is 36.8 Å². The minimum atomic E-state index is -0.839. The number of amides is 2. The van der Waals surface area contributed by atoms with Crippen LogP contribution in [0, 0.1) is 11.3 Å². The molecule has 0 bridgehead atoms. The van der Waals surface area contributed by atoms with E-state index in [1.54, 1.807) is 0 Å². The molecule has 188 valence electrons. The molecule has 0 fully saturated rings. The molecule has 0 heterocycles. The molecule has 1 aliphatic carbocycles. The molecule has 0 radical (unpaired) electrons. The number of hydrogen-bond donors (Lipinski definition) is 3. The first kappa shape index (κ1) is 26.3. The van der Waals surface area contributed by atoms with Gasteiger partial charge in [-0.15, -0.1) is 0 Å². The molecule has 2 aromatic rings. The predicted molar refractivity (Wildman–Crippen MR) is 135 cm³/mol. The van der Waals surface area contributed by atoms with Gasteiger partial charge in [0.1, 0.15) is 6.61 Å². The maximum Gasteiger partial charge on any atom is 0.407 e. The smallest absolute Gasteiger partial charge is 0.407 e. The Balaban J connectivity index is 1.53. The molecule has 2 amide bonds. The second-order valence-corrected chi connectivity index (χ2v) is 10.3. The number of carboxylic acid groups (broad SMARTS) is 1. The Kier molecular flexibility index (Phi) is 8.90. The third-order valence-corrected chi connectivity index (χ3v) is 6.18. The molecule has 3 N–H and O–H groups in total. The van der Waals surface area contributed by atoms with Crippen LogP contribution in [0.3, 0.4) is 0 Å². The van der Waals surface area contributed by atoms with E-state index in [1.807, 2.05) is 45.0 Å². The summed E-state index contributed by atoms with van der Waals surface area (Å²) in [5.74, 6) is -1.41. The molecule has 0 saturated heterocycles. The Labute approximate surface area is 207 Å². The van der Waals surface area contributed by atoms with E-state index in [0.29, 0.717) is 25.8 Å². The highest BCUT2D eigenvalue weighted by Crippen LogP contribution is 2.44. The van der Waals surface area contributed by atoms with Crippen LogP contribution in [0.1, 0.15) is 63.5 Å². The normalized spacial score (nSPS) is 13.5. The molecular formula is C28H36N2O5. The van der Waals surface area contributed by atoms with Gasteiger partial charge in [0.05, 0.1) is 5.92 Å². The summed E-state index contributed by atoms with van der Waals surface area (Å²) in [6.45, 7) is 6.96. The van der Waals surface area contributed by atoms with Crippen molar-refractivity contribution in [3.8, 4) is 11.1 Å². The lowest BCUT2D eigenvalue weighted by Crippen LogP contribution is -2.41. The average Bonchev–Trinajstić information content (AvgIpc) is 3.13. The van der Waals surface area contributed by atoms with E-state index in [2.05, 4.69) is 34.9 Å². The number of unbranched alkanes of at least 4 members (excludes halogenated alkanes) is 1. The summed E-state index contributed by atoms with van der Waals surface area (Å²) in [6, 6.07) is 16.3. The first-order chi connectivity index (χ1) is 16.7. The highest BCUT2D eigenvalue weighted by molar-refractivity contribution is 5.80. The minimum absolute atomic E-state index is 0.0207. The van der Waals surface area contributed by atoms with Crippen molar-refractivity contribution in [2.45, 2.75) is 52.4 Å². The predicted octanol–water partition coefficient (Wildman–Crippen LogP) is 4.95. The topological polar surface area (TPSA) is 105 Å². The second kappa shape index (κ2) is 11.9. The number of rotatable bonds is 11. The highest BCUT2D eigenvalue weighted by Gasteiger charge is 2.30. The summed E-state index contributed by atoms with van der Waals surface area (Å²) in [4.78, 5) is 35.9. The van der Waals surface area contributed by atoms with Crippen molar-refractivity contribution >= 4 is 18.0 Å². The molecule has 0 saturated carbocycles. The van der Waals surface area contributed by atoms with E-state index in [9.17, 15) is 14.4 Å². The van der Waals surface area contributed by atoms with Gasteiger partial charge in [-0.3, -0.25) is 9.59 Å². The highest BCUT2D eigenvalue weighted by atomic mass is 16.5. The quantitative estimate of drug-likeness (QED) is 0.395. The first-order valence-corrected chi connectivity index (χ1v) is 12.2. The number of ether oxygens (including phenoxy) is 1. The average molecular weight is 481 g/mol. The van der Waals surface area contributed by atoms with Gasteiger partial charge in [0.15, 0.2) is 0 Å². The van der Waals surface area contributed by atoms with Gasteiger partial charge in [-0.25, -0.2) is 4.79 Å². The number of fused-ring (bicyclic) bond motifs is 3. The molecular weight excluding hydrogens is 444 g/mol. The van der Waals surface area contributed by atoms with E-state index >= 15 is 0 Å². The summed E-state index contributed by atoms with van der Waals surface area (Å²) >= 11 is 0. The number of carbonyl (C=O) groups excluding carboxylic acids is 2.